The van der Waals surface area contributed by atoms with Gasteiger partial charge in [-0.25, -0.2) is 0 Å². The second kappa shape index (κ2) is 7.78. The molecule has 0 heterocycles. The van der Waals surface area contributed by atoms with Crippen molar-refractivity contribution in [1.82, 2.24) is 0 Å². The third-order valence-corrected chi connectivity index (χ3v) is 3.53. The fourth-order valence-corrected chi connectivity index (χ4v) is 2.51. The van der Waals surface area contributed by atoms with Crippen LogP contribution in [0, 0.1) is 0 Å². The second-order valence-electron chi connectivity index (χ2n) is 4.06. The van der Waals surface area contributed by atoms with E-state index in [2.05, 4.69) is 12.6 Å². The minimum absolute atomic E-state index is 0.338. The number of hydrogen-bond donors (Lipinski definition) is 1. The topological polar surface area (TPSA) is 35.5 Å². The van der Waals surface area contributed by atoms with Crippen LogP contribution in [0.3, 0.4) is 0 Å². The summed E-state index contributed by atoms with van der Waals surface area (Å²) < 4.78 is 10.7. The Morgan fingerprint density at radius 2 is 2.00 bits per heavy atom. The molecule has 0 saturated carbocycles. The lowest BCUT2D eigenvalue weighted by Gasteiger charge is -2.17. The van der Waals surface area contributed by atoms with Crippen molar-refractivity contribution in [3.05, 3.63) is 27.8 Å². The lowest BCUT2D eigenvalue weighted by Crippen LogP contribution is -2.09. The van der Waals surface area contributed by atoms with Crippen LogP contribution in [0.4, 0.5) is 0 Å². The van der Waals surface area contributed by atoms with E-state index in [1.165, 1.54) is 0 Å². The molecule has 0 aliphatic rings. The van der Waals surface area contributed by atoms with Crippen LogP contribution in [0.1, 0.15) is 35.3 Å². The van der Waals surface area contributed by atoms with E-state index >= 15 is 0 Å². The standard InChI is InChI=1S/C14H19ClO3S/c1-4-9-8-11(14(16)19)12(15)13(10(9)5-2)18-7-6-17-3/h8H,4-7H2,1-3H3,(H,16,19). The molecule has 0 aliphatic carbocycles. The Morgan fingerprint density at radius 3 is 2.47 bits per heavy atom. The van der Waals surface area contributed by atoms with Gasteiger partial charge in [0.25, 0.3) is 0 Å². The molecule has 0 N–H and O–H groups in total. The molecule has 0 aromatic heterocycles. The number of halogens is 1. The molecule has 0 atom stereocenters. The van der Waals surface area contributed by atoms with Crippen molar-refractivity contribution in [1.29, 1.82) is 0 Å². The summed E-state index contributed by atoms with van der Waals surface area (Å²) in [6.07, 6.45) is 1.61. The zero-order valence-corrected chi connectivity index (χ0v) is 13.1. The van der Waals surface area contributed by atoms with Crippen molar-refractivity contribution in [3.63, 3.8) is 0 Å². The maximum absolute atomic E-state index is 11.5. The van der Waals surface area contributed by atoms with Gasteiger partial charge in [-0.3, -0.25) is 4.79 Å². The fourth-order valence-electron chi connectivity index (χ4n) is 1.96. The number of carbonyl (C=O) groups is 1. The van der Waals surface area contributed by atoms with Gasteiger partial charge < -0.3 is 9.47 Å². The summed E-state index contributed by atoms with van der Waals surface area (Å²) in [5.74, 6) is 0.581. The molecule has 5 heteroatoms. The summed E-state index contributed by atoms with van der Waals surface area (Å²) in [5.41, 5.74) is 2.50. The number of methoxy groups -OCH3 is 1. The molecule has 0 saturated heterocycles. The van der Waals surface area contributed by atoms with Crippen molar-refractivity contribution in [2.24, 2.45) is 0 Å². The smallest absolute Gasteiger partial charge is 0.217 e. The summed E-state index contributed by atoms with van der Waals surface area (Å²) in [6, 6.07) is 1.81. The van der Waals surface area contributed by atoms with Crippen molar-refractivity contribution >= 4 is 29.3 Å². The van der Waals surface area contributed by atoms with Crippen molar-refractivity contribution in [3.8, 4) is 5.75 Å². The van der Waals surface area contributed by atoms with E-state index in [9.17, 15) is 4.79 Å². The summed E-state index contributed by atoms with van der Waals surface area (Å²) in [7, 11) is 1.61. The van der Waals surface area contributed by atoms with Crippen molar-refractivity contribution in [2.75, 3.05) is 20.3 Å². The lowest BCUT2D eigenvalue weighted by atomic mass is 9.99. The van der Waals surface area contributed by atoms with Crippen LogP contribution in [0.15, 0.2) is 6.07 Å². The van der Waals surface area contributed by atoms with E-state index in [1.54, 1.807) is 13.2 Å². The molecule has 1 aromatic rings. The predicted octanol–water partition coefficient (Wildman–Crippen LogP) is 3.56. The van der Waals surface area contributed by atoms with E-state index in [0.29, 0.717) is 29.5 Å². The average Bonchev–Trinajstić information content (AvgIpc) is 2.39. The zero-order chi connectivity index (χ0) is 14.4. The highest BCUT2D eigenvalue weighted by atomic mass is 35.5. The van der Waals surface area contributed by atoms with Crippen LogP contribution in [0.5, 0.6) is 5.75 Å². The number of carbonyl (C=O) groups excluding carboxylic acids is 1. The minimum Gasteiger partial charge on any atom is -0.489 e. The zero-order valence-electron chi connectivity index (χ0n) is 11.5. The third kappa shape index (κ3) is 3.88. The molecule has 0 spiro atoms. The Kier molecular flexibility index (Phi) is 6.69. The third-order valence-electron chi connectivity index (χ3n) is 2.91. The quantitative estimate of drug-likeness (QED) is 0.618. The number of aryl methyl sites for hydroxylation is 1. The van der Waals surface area contributed by atoms with E-state index in [0.717, 1.165) is 24.0 Å². The van der Waals surface area contributed by atoms with E-state index in [-0.39, 0.29) is 5.12 Å². The van der Waals surface area contributed by atoms with E-state index < -0.39 is 0 Å². The van der Waals surface area contributed by atoms with Crippen LogP contribution in [-0.4, -0.2) is 25.4 Å². The van der Waals surface area contributed by atoms with Gasteiger partial charge in [-0.05, 0) is 30.0 Å². The van der Waals surface area contributed by atoms with Crippen LogP contribution in [-0.2, 0) is 17.6 Å². The number of benzene rings is 1. The Hall–Kier alpha value is -0.710. The largest absolute Gasteiger partial charge is 0.489 e. The number of ether oxygens (including phenoxy) is 2. The maximum Gasteiger partial charge on any atom is 0.217 e. The first-order valence-corrected chi connectivity index (χ1v) is 7.08. The Morgan fingerprint density at radius 1 is 1.32 bits per heavy atom. The molecule has 0 aliphatic heterocycles. The van der Waals surface area contributed by atoms with Crippen molar-refractivity contribution < 1.29 is 14.3 Å². The highest BCUT2D eigenvalue weighted by Crippen LogP contribution is 2.36. The minimum atomic E-state index is -0.348. The van der Waals surface area contributed by atoms with Gasteiger partial charge >= 0.3 is 0 Å². The van der Waals surface area contributed by atoms with Crippen LogP contribution >= 0.6 is 24.2 Å². The first-order valence-electron chi connectivity index (χ1n) is 6.26. The van der Waals surface area contributed by atoms with Gasteiger partial charge in [0.15, 0.2) is 0 Å². The summed E-state index contributed by atoms with van der Waals surface area (Å²) in [6.45, 7) is 4.95. The molecular weight excluding hydrogens is 284 g/mol. The van der Waals surface area contributed by atoms with Gasteiger partial charge in [0.1, 0.15) is 12.4 Å². The molecule has 19 heavy (non-hydrogen) atoms. The summed E-state index contributed by atoms with van der Waals surface area (Å²) in [5, 5.41) is -0.0101. The number of rotatable bonds is 7. The van der Waals surface area contributed by atoms with Gasteiger partial charge in [0.2, 0.25) is 5.12 Å². The molecule has 0 unspecified atom stereocenters. The first kappa shape index (κ1) is 16.3. The number of thiol groups is 1. The van der Waals surface area contributed by atoms with Crippen LogP contribution in [0.25, 0.3) is 0 Å². The molecular formula is C14H19ClO3S. The van der Waals surface area contributed by atoms with Crippen LogP contribution < -0.4 is 4.74 Å². The molecule has 0 radical (unpaired) electrons. The monoisotopic (exact) mass is 302 g/mol. The molecule has 0 fully saturated rings. The Bertz CT molecular complexity index is 460. The molecule has 1 rings (SSSR count). The van der Waals surface area contributed by atoms with Crippen molar-refractivity contribution in [2.45, 2.75) is 26.7 Å². The molecule has 0 bridgehead atoms. The van der Waals surface area contributed by atoms with E-state index in [1.807, 2.05) is 13.8 Å². The number of hydrogen-bond acceptors (Lipinski definition) is 3. The Labute approximate surface area is 124 Å². The normalized spacial score (nSPS) is 10.6. The Balaban J connectivity index is 3.28. The first-order chi connectivity index (χ1) is 9.06. The highest BCUT2D eigenvalue weighted by Gasteiger charge is 2.19. The lowest BCUT2D eigenvalue weighted by molar-refractivity contribution is 0.109. The molecule has 106 valence electrons. The fraction of sp³-hybridized carbons (Fsp3) is 0.500. The van der Waals surface area contributed by atoms with Gasteiger partial charge in [-0.1, -0.05) is 25.4 Å². The van der Waals surface area contributed by atoms with Crippen LogP contribution in [0.2, 0.25) is 5.02 Å². The van der Waals surface area contributed by atoms with Gasteiger partial charge in [0.05, 0.1) is 17.2 Å². The van der Waals surface area contributed by atoms with Gasteiger partial charge in [-0.15, -0.1) is 12.6 Å². The second-order valence-corrected chi connectivity index (χ2v) is 4.84. The molecule has 3 nitrogen and oxygen atoms in total. The average molecular weight is 303 g/mol. The summed E-state index contributed by atoms with van der Waals surface area (Å²) in [4.78, 5) is 11.5. The maximum atomic E-state index is 11.5. The highest BCUT2D eigenvalue weighted by molar-refractivity contribution is 7.97. The molecule has 1 aromatic carbocycles. The predicted molar refractivity (Wildman–Crippen MR) is 80.9 cm³/mol. The molecule has 0 amide bonds. The van der Waals surface area contributed by atoms with E-state index in [4.69, 9.17) is 21.1 Å². The SMILES string of the molecule is CCc1cc(C(=O)S)c(Cl)c(OCCOC)c1CC. The summed E-state index contributed by atoms with van der Waals surface area (Å²) >= 11 is 10.1. The van der Waals surface area contributed by atoms with Gasteiger partial charge in [-0.2, -0.15) is 0 Å². The van der Waals surface area contributed by atoms with Gasteiger partial charge in [0, 0.05) is 7.11 Å².